The molecule has 2 heterocycles. The van der Waals surface area contributed by atoms with E-state index in [1.807, 2.05) is 13.0 Å². The van der Waals surface area contributed by atoms with Gasteiger partial charge in [0.2, 0.25) is 0 Å². The predicted octanol–water partition coefficient (Wildman–Crippen LogP) is 2.17. The third kappa shape index (κ3) is 3.68. The first-order chi connectivity index (χ1) is 9.99. The van der Waals surface area contributed by atoms with Gasteiger partial charge >= 0.3 is 0 Å². The zero-order valence-electron chi connectivity index (χ0n) is 12.7. The Bertz CT molecular complexity index is 704. The summed E-state index contributed by atoms with van der Waals surface area (Å²) in [4.78, 5) is 28.6. The summed E-state index contributed by atoms with van der Waals surface area (Å²) in [6, 6.07) is 3.65. The van der Waals surface area contributed by atoms with E-state index in [1.54, 1.807) is 12.3 Å². The van der Waals surface area contributed by atoms with E-state index in [4.69, 9.17) is 0 Å². The second-order valence-electron chi connectivity index (χ2n) is 5.70. The highest BCUT2D eigenvalue weighted by Gasteiger charge is 2.12. The van der Waals surface area contributed by atoms with Gasteiger partial charge < -0.3 is 5.32 Å². The van der Waals surface area contributed by atoms with E-state index in [9.17, 15) is 9.59 Å². The topological polar surface area (TPSA) is 63.5 Å². The summed E-state index contributed by atoms with van der Waals surface area (Å²) in [5, 5.41) is 2.78. The lowest BCUT2D eigenvalue weighted by Gasteiger charge is -2.07. The van der Waals surface area contributed by atoms with Crippen molar-refractivity contribution >= 4 is 11.6 Å². The first kappa shape index (κ1) is 15.2. The van der Waals surface area contributed by atoms with Gasteiger partial charge in [0.05, 0.1) is 0 Å². The van der Waals surface area contributed by atoms with Crippen molar-refractivity contribution in [2.45, 2.75) is 33.6 Å². The van der Waals surface area contributed by atoms with Crippen LogP contribution in [-0.2, 0) is 0 Å². The van der Waals surface area contributed by atoms with Gasteiger partial charge in [-0.1, -0.05) is 19.9 Å². The van der Waals surface area contributed by atoms with Crippen molar-refractivity contribution in [2.75, 3.05) is 6.54 Å². The number of carbonyl (C=O) groups excluding carboxylic acids is 1. The van der Waals surface area contributed by atoms with E-state index in [0.717, 1.165) is 18.4 Å². The number of rotatable bonds is 5. The SMILES string of the molecule is Cc1ccc2ncc(C(=O)NCCCC(C)C)c(=O)n2c1. The lowest BCUT2D eigenvalue weighted by Crippen LogP contribution is -2.32. The molecule has 0 aliphatic rings. The quantitative estimate of drug-likeness (QED) is 0.857. The second-order valence-corrected chi connectivity index (χ2v) is 5.70. The molecule has 0 fully saturated rings. The zero-order valence-corrected chi connectivity index (χ0v) is 12.7. The van der Waals surface area contributed by atoms with Crippen molar-refractivity contribution in [3.63, 3.8) is 0 Å². The molecule has 112 valence electrons. The molecule has 1 amide bonds. The van der Waals surface area contributed by atoms with Crippen LogP contribution in [0.2, 0.25) is 0 Å². The second kappa shape index (κ2) is 6.52. The maximum Gasteiger partial charge on any atom is 0.270 e. The van der Waals surface area contributed by atoms with E-state index >= 15 is 0 Å². The van der Waals surface area contributed by atoms with Crippen molar-refractivity contribution in [3.05, 3.63) is 46.0 Å². The third-order valence-corrected chi connectivity index (χ3v) is 3.34. The lowest BCUT2D eigenvalue weighted by atomic mass is 10.1. The van der Waals surface area contributed by atoms with Crippen LogP contribution < -0.4 is 10.9 Å². The molecule has 5 nitrogen and oxygen atoms in total. The number of carbonyl (C=O) groups is 1. The minimum atomic E-state index is -0.354. The zero-order chi connectivity index (χ0) is 15.4. The van der Waals surface area contributed by atoms with Crippen LogP contribution in [0.5, 0.6) is 0 Å². The van der Waals surface area contributed by atoms with E-state index < -0.39 is 0 Å². The van der Waals surface area contributed by atoms with Gasteiger partial charge in [0, 0.05) is 18.9 Å². The Morgan fingerprint density at radius 3 is 2.86 bits per heavy atom. The first-order valence-corrected chi connectivity index (χ1v) is 7.25. The van der Waals surface area contributed by atoms with Crippen LogP contribution >= 0.6 is 0 Å². The van der Waals surface area contributed by atoms with Crippen molar-refractivity contribution in [3.8, 4) is 0 Å². The third-order valence-electron chi connectivity index (χ3n) is 3.34. The molecule has 0 unspecified atom stereocenters. The normalized spacial score (nSPS) is 11.0. The Morgan fingerprint density at radius 1 is 1.38 bits per heavy atom. The molecule has 0 bridgehead atoms. The van der Waals surface area contributed by atoms with E-state index in [2.05, 4.69) is 24.1 Å². The van der Waals surface area contributed by atoms with Gasteiger partial charge in [-0.25, -0.2) is 4.98 Å². The molecule has 0 aliphatic carbocycles. The summed E-state index contributed by atoms with van der Waals surface area (Å²) in [6.07, 6.45) is 5.00. The summed E-state index contributed by atoms with van der Waals surface area (Å²) in [7, 11) is 0. The number of hydrogen-bond acceptors (Lipinski definition) is 3. The van der Waals surface area contributed by atoms with Gasteiger partial charge in [0.1, 0.15) is 11.2 Å². The minimum absolute atomic E-state index is 0.0858. The maximum absolute atomic E-state index is 12.3. The molecule has 0 saturated carbocycles. The minimum Gasteiger partial charge on any atom is -0.352 e. The summed E-state index contributed by atoms with van der Waals surface area (Å²) in [5.41, 5.74) is 1.25. The molecule has 5 heteroatoms. The number of pyridine rings is 1. The van der Waals surface area contributed by atoms with Crippen LogP contribution in [0.4, 0.5) is 0 Å². The number of fused-ring (bicyclic) bond motifs is 1. The van der Waals surface area contributed by atoms with Crippen molar-refractivity contribution in [2.24, 2.45) is 5.92 Å². The summed E-state index contributed by atoms with van der Waals surface area (Å²) in [5.74, 6) is 0.255. The molecule has 2 rings (SSSR count). The average Bonchev–Trinajstić information content (AvgIpc) is 2.44. The Labute approximate surface area is 124 Å². The Balaban J connectivity index is 2.16. The highest BCUT2D eigenvalue weighted by molar-refractivity contribution is 5.93. The summed E-state index contributed by atoms with van der Waals surface area (Å²) < 4.78 is 1.42. The van der Waals surface area contributed by atoms with Gasteiger partial charge in [0.15, 0.2) is 0 Å². The molecule has 2 aromatic rings. The molecule has 21 heavy (non-hydrogen) atoms. The summed E-state index contributed by atoms with van der Waals surface area (Å²) in [6.45, 7) is 6.76. The van der Waals surface area contributed by atoms with Crippen molar-refractivity contribution in [1.29, 1.82) is 0 Å². The maximum atomic E-state index is 12.3. The van der Waals surface area contributed by atoms with Crippen LogP contribution in [0.25, 0.3) is 5.65 Å². The largest absolute Gasteiger partial charge is 0.352 e. The molecule has 0 aliphatic heterocycles. The Morgan fingerprint density at radius 2 is 2.14 bits per heavy atom. The average molecular weight is 287 g/mol. The molecule has 0 radical (unpaired) electrons. The number of aryl methyl sites for hydroxylation is 1. The van der Waals surface area contributed by atoms with Crippen LogP contribution in [0.15, 0.2) is 29.3 Å². The fourth-order valence-electron chi connectivity index (χ4n) is 2.15. The van der Waals surface area contributed by atoms with E-state index in [0.29, 0.717) is 18.1 Å². The number of amides is 1. The van der Waals surface area contributed by atoms with E-state index in [1.165, 1.54) is 10.6 Å². The molecular weight excluding hydrogens is 266 g/mol. The van der Waals surface area contributed by atoms with Crippen molar-refractivity contribution in [1.82, 2.24) is 14.7 Å². The van der Waals surface area contributed by atoms with Crippen LogP contribution in [0.1, 0.15) is 42.6 Å². The van der Waals surface area contributed by atoms with Crippen LogP contribution in [-0.4, -0.2) is 21.8 Å². The molecule has 0 atom stereocenters. The van der Waals surface area contributed by atoms with Gasteiger partial charge in [-0.2, -0.15) is 0 Å². The highest BCUT2D eigenvalue weighted by Crippen LogP contribution is 2.03. The van der Waals surface area contributed by atoms with E-state index in [-0.39, 0.29) is 17.0 Å². The molecule has 0 saturated heterocycles. The standard InChI is InChI=1S/C16H21N3O2/c1-11(2)5-4-8-17-15(20)13-9-18-14-7-6-12(3)10-19(14)16(13)21/h6-7,9-11H,4-5,8H2,1-3H3,(H,17,20). The summed E-state index contributed by atoms with van der Waals surface area (Å²) >= 11 is 0. The Kier molecular flexibility index (Phi) is 4.73. The number of hydrogen-bond donors (Lipinski definition) is 1. The smallest absolute Gasteiger partial charge is 0.270 e. The number of nitrogens with one attached hydrogen (secondary N) is 1. The van der Waals surface area contributed by atoms with Gasteiger partial charge in [-0.05, 0) is 37.3 Å². The van der Waals surface area contributed by atoms with Crippen LogP contribution in [0, 0.1) is 12.8 Å². The van der Waals surface area contributed by atoms with Gasteiger partial charge in [-0.15, -0.1) is 0 Å². The fraction of sp³-hybridized carbons (Fsp3) is 0.438. The van der Waals surface area contributed by atoms with Crippen molar-refractivity contribution < 1.29 is 4.79 Å². The first-order valence-electron chi connectivity index (χ1n) is 7.25. The lowest BCUT2D eigenvalue weighted by molar-refractivity contribution is 0.0950. The molecule has 2 aromatic heterocycles. The monoisotopic (exact) mass is 287 g/mol. The number of aromatic nitrogens is 2. The molecule has 0 spiro atoms. The molecule has 0 aromatic carbocycles. The predicted molar refractivity (Wildman–Crippen MR) is 82.6 cm³/mol. The Hall–Kier alpha value is -2.17. The van der Waals surface area contributed by atoms with Gasteiger partial charge in [-0.3, -0.25) is 14.0 Å². The molecular formula is C16H21N3O2. The molecule has 1 N–H and O–H groups in total. The van der Waals surface area contributed by atoms with Gasteiger partial charge in [0.25, 0.3) is 11.5 Å². The van der Waals surface area contributed by atoms with Crippen LogP contribution in [0.3, 0.4) is 0 Å². The fourth-order valence-corrected chi connectivity index (χ4v) is 2.15. The number of nitrogens with zero attached hydrogens (tertiary/aromatic N) is 2. The highest BCUT2D eigenvalue weighted by atomic mass is 16.2.